The van der Waals surface area contributed by atoms with Crippen molar-refractivity contribution in [1.82, 2.24) is 21.3 Å². The van der Waals surface area contributed by atoms with E-state index in [0.717, 1.165) is 57.1 Å². The lowest BCUT2D eigenvalue weighted by Gasteiger charge is -2.35. The minimum atomic E-state index is -0.222. The lowest BCUT2D eigenvalue weighted by molar-refractivity contribution is -0.124. The van der Waals surface area contributed by atoms with Gasteiger partial charge in [-0.2, -0.15) is 11.8 Å². The van der Waals surface area contributed by atoms with Gasteiger partial charge in [0, 0.05) is 36.4 Å². The minimum absolute atomic E-state index is 0.0703. The summed E-state index contributed by atoms with van der Waals surface area (Å²) in [5.74, 6) is 1.39. The molecule has 8 heteroatoms. The van der Waals surface area contributed by atoms with Gasteiger partial charge in [-0.1, -0.05) is 19.3 Å². The van der Waals surface area contributed by atoms with Crippen LogP contribution in [0.2, 0.25) is 0 Å². The van der Waals surface area contributed by atoms with E-state index in [-0.39, 0.29) is 34.8 Å². The highest BCUT2D eigenvalue weighted by Gasteiger charge is 2.60. The molecule has 1 aliphatic carbocycles. The standard InChI is InChI=1S/C21H36N4O3S/c1-20-14-29-16(21(20,2)25-19(28)24-20)10-5-6-11-17(26)22-12-7-13-23-18(27)15-8-3-4-9-15/h15-16H,3-14H2,1-2H3,(H,22,26)(H,23,27)(H2,24,25,28)/t16-,20-,21+/m0/s1. The second-order valence-electron chi connectivity index (χ2n) is 9.13. The fourth-order valence-corrected chi connectivity index (χ4v) is 6.67. The van der Waals surface area contributed by atoms with Crippen molar-refractivity contribution in [2.75, 3.05) is 18.8 Å². The third kappa shape index (κ3) is 5.19. The molecule has 3 aliphatic rings. The number of nitrogens with one attached hydrogen (secondary N) is 4. The van der Waals surface area contributed by atoms with Gasteiger partial charge in [-0.15, -0.1) is 0 Å². The molecule has 0 aromatic heterocycles. The first-order valence-corrected chi connectivity index (χ1v) is 12.2. The summed E-state index contributed by atoms with van der Waals surface area (Å²) in [5.41, 5.74) is -0.413. The number of hydrogen-bond donors (Lipinski definition) is 4. The number of hydrogen-bond acceptors (Lipinski definition) is 4. The summed E-state index contributed by atoms with van der Waals surface area (Å²) in [5, 5.41) is 12.5. The van der Waals surface area contributed by atoms with E-state index in [4.69, 9.17) is 0 Å². The van der Waals surface area contributed by atoms with Gasteiger partial charge in [0.15, 0.2) is 0 Å². The maximum atomic E-state index is 12.0. The summed E-state index contributed by atoms with van der Waals surface area (Å²) in [4.78, 5) is 35.7. The lowest BCUT2D eigenvalue weighted by atomic mass is 9.79. The predicted octanol–water partition coefficient (Wildman–Crippen LogP) is 2.31. The number of urea groups is 1. The van der Waals surface area contributed by atoms with Gasteiger partial charge in [0.25, 0.3) is 0 Å². The normalized spacial score (nSPS) is 31.2. The number of fused-ring (bicyclic) bond motifs is 1. The molecule has 2 aliphatic heterocycles. The number of thioether (sulfide) groups is 1. The largest absolute Gasteiger partial charge is 0.356 e. The third-order valence-electron chi connectivity index (χ3n) is 6.95. The molecule has 29 heavy (non-hydrogen) atoms. The molecule has 164 valence electrons. The van der Waals surface area contributed by atoms with E-state index in [1.165, 1.54) is 0 Å². The number of amides is 4. The van der Waals surface area contributed by atoms with Gasteiger partial charge in [0.1, 0.15) is 0 Å². The Bertz CT molecular complexity index is 625. The summed E-state index contributed by atoms with van der Waals surface area (Å²) in [6.07, 6.45) is 8.50. The molecule has 4 amide bonds. The maximum absolute atomic E-state index is 12.0. The monoisotopic (exact) mass is 424 g/mol. The van der Waals surface area contributed by atoms with Crippen LogP contribution in [0.4, 0.5) is 4.79 Å². The summed E-state index contributed by atoms with van der Waals surface area (Å²) in [6, 6.07) is -0.0703. The van der Waals surface area contributed by atoms with Gasteiger partial charge in [-0.3, -0.25) is 9.59 Å². The Morgan fingerprint density at radius 2 is 1.79 bits per heavy atom. The van der Waals surface area contributed by atoms with E-state index >= 15 is 0 Å². The molecule has 0 spiro atoms. The molecule has 3 rings (SSSR count). The van der Waals surface area contributed by atoms with E-state index in [9.17, 15) is 14.4 Å². The molecule has 0 unspecified atom stereocenters. The van der Waals surface area contributed by atoms with Gasteiger partial charge in [0.05, 0.1) is 11.1 Å². The SMILES string of the molecule is C[C@]12CS[C@@H](CCCCC(=O)NCCCNC(=O)C3CCCC3)[C@@]1(C)NC(=O)N2. The average molecular weight is 425 g/mol. The first-order chi connectivity index (χ1) is 13.8. The van der Waals surface area contributed by atoms with E-state index in [1.54, 1.807) is 0 Å². The lowest BCUT2D eigenvalue weighted by Crippen LogP contribution is -2.58. The number of carbonyl (C=O) groups is 3. The molecular formula is C21H36N4O3S. The van der Waals surface area contributed by atoms with Crippen LogP contribution in [-0.2, 0) is 9.59 Å². The van der Waals surface area contributed by atoms with Crippen LogP contribution in [0.15, 0.2) is 0 Å². The van der Waals surface area contributed by atoms with Crippen molar-refractivity contribution in [3.8, 4) is 0 Å². The maximum Gasteiger partial charge on any atom is 0.315 e. The van der Waals surface area contributed by atoms with Crippen molar-refractivity contribution in [3.05, 3.63) is 0 Å². The van der Waals surface area contributed by atoms with Crippen LogP contribution in [0.25, 0.3) is 0 Å². The molecule has 0 radical (unpaired) electrons. The van der Waals surface area contributed by atoms with Crippen LogP contribution in [0.1, 0.15) is 71.6 Å². The van der Waals surface area contributed by atoms with Crippen LogP contribution in [0.3, 0.4) is 0 Å². The Morgan fingerprint density at radius 1 is 1.07 bits per heavy atom. The first-order valence-electron chi connectivity index (χ1n) is 11.1. The van der Waals surface area contributed by atoms with Crippen molar-refractivity contribution in [2.24, 2.45) is 5.92 Å². The van der Waals surface area contributed by atoms with Crippen molar-refractivity contribution in [1.29, 1.82) is 0 Å². The molecule has 7 nitrogen and oxygen atoms in total. The van der Waals surface area contributed by atoms with E-state index in [0.29, 0.717) is 24.8 Å². The second kappa shape index (κ2) is 9.58. The van der Waals surface area contributed by atoms with E-state index in [1.807, 2.05) is 11.8 Å². The Kier molecular flexibility index (Phi) is 7.35. The Labute approximate surface area is 178 Å². The molecule has 2 heterocycles. The van der Waals surface area contributed by atoms with E-state index < -0.39 is 0 Å². The zero-order chi connectivity index (χ0) is 20.9. The van der Waals surface area contributed by atoms with Crippen LogP contribution >= 0.6 is 11.8 Å². The highest BCUT2D eigenvalue weighted by molar-refractivity contribution is 8.00. The fraction of sp³-hybridized carbons (Fsp3) is 0.857. The summed E-state index contributed by atoms with van der Waals surface area (Å²) >= 11 is 1.91. The summed E-state index contributed by atoms with van der Waals surface area (Å²) < 4.78 is 0. The quantitative estimate of drug-likeness (QED) is 0.319. The van der Waals surface area contributed by atoms with Crippen LogP contribution in [0.5, 0.6) is 0 Å². The Balaban J connectivity index is 1.22. The Morgan fingerprint density at radius 3 is 2.55 bits per heavy atom. The van der Waals surface area contributed by atoms with Crippen LogP contribution < -0.4 is 21.3 Å². The Hall–Kier alpha value is -1.44. The first kappa shape index (κ1) is 22.2. The highest BCUT2D eigenvalue weighted by Crippen LogP contribution is 2.47. The van der Waals surface area contributed by atoms with Gasteiger partial charge < -0.3 is 21.3 Å². The van der Waals surface area contributed by atoms with Gasteiger partial charge >= 0.3 is 6.03 Å². The fourth-order valence-electron chi connectivity index (χ4n) is 4.78. The number of unbranched alkanes of at least 4 members (excludes halogenated alkanes) is 1. The molecular weight excluding hydrogens is 388 g/mol. The summed E-state index contributed by atoms with van der Waals surface area (Å²) in [6.45, 7) is 5.48. The van der Waals surface area contributed by atoms with Gasteiger partial charge in [-0.25, -0.2) is 4.79 Å². The molecule has 3 fully saturated rings. The molecule has 2 saturated heterocycles. The molecule has 0 aromatic carbocycles. The predicted molar refractivity (Wildman–Crippen MR) is 116 cm³/mol. The highest BCUT2D eigenvalue weighted by atomic mass is 32.2. The van der Waals surface area contributed by atoms with Crippen molar-refractivity contribution in [2.45, 2.75) is 88.0 Å². The topological polar surface area (TPSA) is 99.3 Å². The van der Waals surface area contributed by atoms with Crippen molar-refractivity contribution in [3.63, 3.8) is 0 Å². The van der Waals surface area contributed by atoms with Crippen molar-refractivity contribution >= 4 is 29.6 Å². The van der Waals surface area contributed by atoms with Gasteiger partial charge in [0.2, 0.25) is 11.8 Å². The molecule has 0 bridgehead atoms. The third-order valence-corrected chi connectivity index (χ3v) is 8.80. The van der Waals surface area contributed by atoms with Crippen LogP contribution in [-0.4, -0.2) is 53.0 Å². The molecule has 1 saturated carbocycles. The van der Waals surface area contributed by atoms with Crippen molar-refractivity contribution < 1.29 is 14.4 Å². The van der Waals surface area contributed by atoms with Crippen LogP contribution in [0, 0.1) is 5.92 Å². The molecule has 0 aromatic rings. The van der Waals surface area contributed by atoms with Gasteiger partial charge in [-0.05, 0) is 46.0 Å². The number of carbonyl (C=O) groups excluding carboxylic acids is 3. The minimum Gasteiger partial charge on any atom is -0.356 e. The molecule has 4 N–H and O–H groups in total. The second-order valence-corrected chi connectivity index (χ2v) is 10.3. The average Bonchev–Trinajstić information content (AvgIpc) is 3.33. The molecule has 3 atom stereocenters. The zero-order valence-corrected chi connectivity index (χ0v) is 18.6. The number of rotatable bonds is 10. The zero-order valence-electron chi connectivity index (χ0n) is 17.8. The van der Waals surface area contributed by atoms with E-state index in [2.05, 4.69) is 35.1 Å². The summed E-state index contributed by atoms with van der Waals surface area (Å²) in [7, 11) is 0. The smallest absolute Gasteiger partial charge is 0.315 e.